The van der Waals surface area contributed by atoms with Gasteiger partial charge in [0.1, 0.15) is 13.2 Å². The molecule has 6 heteroatoms. The van der Waals surface area contributed by atoms with E-state index in [4.69, 9.17) is 38.4 Å². The van der Waals surface area contributed by atoms with Crippen molar-refractivity contribution in [3.63, 3.8) is 0 Å². The van der Waals surface area contributed by atoms with Crippen molar-refractivity contribution in [3.05, 3.63) is 51.5 Å². The van der Waals surface area contributed by atoms with Crippen LogP contribution in [0.1, 0.15) is 15.9 Å². The largest absolute Gasteiger partial charge is 0.486 e. The van der Waals surface area contributed by atoms with E-state index in [1.54, 1.807) is 24.3 Å². The molecule has 0 atom stereocenters. The standard InChI is InChI=1S/C15H11Cl2NO3/c16-8-1-2-9(11(17)5-8)15(19)10-6-13-14(7-12(10)18)21-4-3-20-13/h1-2,5-7H,3-4,18H2. The van der Waals surface area contributed by atoms with E-state index in [1.165, 1.54) is 6.07 Å². The molecular formula is C15H11Cl2NO3. The van der Waals surface area contributed by atoms with Gasteiger partial charge in [0.25, 0.3) is 0 Å². The summed E-state index contributed by atoms with van der Waals surface area (Å²) in [6.45, 7) is 0.898. The molecule has 2 aromatic rings. The van der Waals surface area contributed by atoms with E-state index < -0.39 is 0 Å². The number of nitrogens with two attached hydrogens (primary N) is 1. The van der Waals surface area contributed by atoms with Gasteiger partial charge in [-0.25, -0.2) is 0 Å². The molecule has 1 aliphatic rings. The molecule has 1 heterocycles. The van der Waals surface area contributed by atoms with Crippen LogP contribution < -0.4 is 15.2 Å². The Morgan fingerprint density at radius 1 is 1.00 bits per heavy atom. The highest BCUT2D eigenvalue weighted by Gasteiger charge is 2.21. The molecule has 0 fully saturated rings. The second kappa shape index (κ2) is 5.47. The molecule has 0 radical (unpaired) electrons. The Morgan fingerprint density at radius 3 is 2.33 bits per heavy atom. The molecule has 0 amide bonds. The fraction of sp³-hybridized carbons (Fsp3) is 0.133. The van der Waals surface area contributed by atoms with Gasteiger partial charge in [0.05, 0.1) is 5.02 Å². The maximum Gasteiger partial charge on any atom is 0.196 e. The lowest BCUT2D eigenvalue weighted by molar-refractivity contribution is 0.103. The van der Waals surface area contributed by atoms with E-state index in [9.17, 15) is 4.79 Å². The van der Waals surface area contributed by atoms with Crippen LogP contribution in [0, 0.1) is 0 Å². The highest BCUT2D eigenvalue weighted by Crippen LogP contribution is 2.36. The first-order chi connectivity index (χ1) is 10.1. The van der Waals surface area contributed by atoms with Gasteiger partial charge in [0.2, 0.25) is 0 Å². The molecule has 0 saturated heterocycles. The zero-order valence-corrected chi connectivity index (χ0v) is 12.4. The van der Waals surface area contributed by atoms with Gasteiger partial charge in [0.15, 0.2) is 17.3 Å². The zero-order chi connectivity index (χ0) is 15.0. The molecule has 0 bridgehead atoms. The number of carbonyl (C=O) groups is 1. The van der Waals surface area contributed by atoms with Crippen LogP contribution in [0.4, 0.5) is 5.69 Å². The van der Waals surface area contributed by atoms with Gasteiger partial charge in [-0.3, -0.25) is 4.79 Å². The monoisotopic (exact) mass is 323 g/mol. The third-order valence-corrected chi connectivity index (χ3v) is 3.68. The Kier molecular flexibility index (Phi) is 3.66. The highest BCUT2D eigenvalue weighted by molar-refractivity contribution is 6.37. The van der Waals surface area contributed by atoms with Crippen LogP contribution in [0.3, 0.4) is 0 Å². The van der Waals surface area contributed by atoms with E-state index in [1.807, 2.05) is 0 Å². The summed E-state index contributed by atoms with van der Waals surface area (Å²) in [4.78, 5) is 12.6. The molecule has 2 N–H and O–H groups in total. The first-order valence-corrected chi connectivity index (χ1v) is 7.01. The topological polar surface area (TPSA) is 61.6 Å². The lowest BCUT2D eigenvalue weighted by Crippen LogP contribution is -2.17. The van der Waals surface area contributed by atoms with Crippen LogP contribution in [0.2, 0.25) is 10.0 Å². The van der Waals surface area contributed by atoms with Crippen molar-refractivity contribution in [2.75, 3.05) is 18.9 Å². The molecular weight excluding hydrogens is 313 g/mol. The predicted octanol–water partition coefficient (Wildman–Crippen LogP) is 3.58. The molecule has 3 rings (SSSR count). The number of ketones is 1. The summed E-state index contributed by atoms with van der Waals surface area (Å²) >= 11 is 11.9. The quantitative estimate of drug-likeness (QED) is 0.677. The number of carbonyl (C=O) groups excluding carboxylic acids is 1. The van der Waals surface area contributed by atoms with Crippen LogP contribution in [0.25, 0.3) is 0 Å². The molecule has 21 heavy (non-hydrogen) atoms. The summed E-state index contributed by atoms with van der Waals surface area (Å²) in [5.74, 6) is 0.757. The number of ether oxygens (including phenoxy) is 2. The minimum absolute atomic E-state index is 0.279. The minimum atomic E-state index is -0.286. The number of halogens is 2. The van der Waals surface area contributed by atoms with Crippen molar-refractivity contribution >= 4 is 34.7 Å². The smallest absolute Gasteiger partial charge is 0.196 e. The molecule has 0 spiro atoms. The molecule has 108 valence electrons. The third-order valence-electron chi connectivity index (χ3n) is 3.13. The Bertz CT molecular complexity index is 731. The summed E-state index contributed by atoms with van der Waals surface area (Å²) in [5, 5.41) is 0.744. The van der Waals surface area contributed by atoms with Crippen LogP contribution in [-0.4, -0.2) is 19.0 Å². The van der Waals surface area contributed by atoms with Gasteiger partial charge in [-0.05, 0) is 24.3 Å². The molecule has 0 unspecified atom stereocenters. The van der Waals surface area contributed by atoms with Gasteiger partial charge in [-0.2, -0.15) is 0 Å². The average Bonchev–Trinajstić information content (AvgIpc) is 2.46. The number of rotatable bonds is 2. The average molecular weight is 324 g/mol. The molecule has 0 aromatic heterocycles. The first-order valence-electron chi connectivity index (χ1n) is 6.25. The van der Waals surface area contributed by atoms with Crippen molar-refractivity contribution in [3.8, 4) is 11.5 Å². The number of hydrogen-bond donors (Lipinski definition) is 1. The maximum atomic E-state index is 12.6. The van der Waals surface area contributed by atoms with E-state index in [0.717, 1.165) is 0 Å². The lowest BCUT2D eigenvalue weighted by atomic mass is 10.0. The normalized spacial score (nSPS) is 13.0. The van der Waals surface area contributed by atoms with Crippen LogP contribution in [0.15, 0.2) is 30.3 Å². The Morgan fingerprint density at radius 2 is 1.67 bits per heavy atom. The summed E-state index contributed by atoms with van der Waals surface area (Å²) in [5.41, 5.74) is 6.91. The SMILES string of the molecule is Nc1cc2c(cc1C(=O)c1ccc(Cl)cc1Cl)OCCO2. The van der Waals surface area contributed by atoms with Crippen LogP contribution >= 0.6 is 23.2 Å². The fourth-order valence-electron chi connectivity index (χ4n) is 2.12. The van der Waals surface area contributed by atoms with E-state index in [-0.39, 0.29) is 10.8 Å². The molecule has 0 saturated carbocycles. The van der Waals surface area contributed by atoms with Crippen LogP contribution in [-0.2, 0) is 0 Å². The van der Waals surface area contributed by atoms with E-state index >= 15 is 0 Å². The summed E-state index contributed by atoms with van der Waals surface area (Å²) in [6.07, 6.45) is 0. The Hall–Kier alpha value is -1.91. The first kappa shape index (κ1) is 14.0. The summed E-state index contributed by atoms with van der Waals surface area (Å²) in [7, 11) is 0. The van der Waals surface area contributed by atoms with Crippen molar-refractivity contribution < 1.29 is 14.3 Å². The van der Waals surface area contributed by atoms with Gasteiger partial charge in [0, 0.05) is 27.9 Å². The van der Waals surface area contributed by atoms with Crippen molar-refractivity contribution in [2.45, 2.75) is 0 Å². The van der Waals surface area contributed by atoms with Gasteiger partial charge < -0.3 is 15.2 Å². The minimum Gasteiger partial charge on any atom is -0.486 e. The summed E-state index contributed by atoms with van der Waals surface area (Å²) < 4.78 is 10.9. The van der Waals surface area contributed by atoms with Gasteiger partial charge >= 0.3 is 0 Å². The zero-order valence-electron chi connectivity index (χ0n) is 10.9. The molecule has 2 aromatic carbocycles. The number of fused-ring (bicyclic) bond motifs is 1. The lowest BCUT2D eigenvalue weighted by Gasteiger charge is -2.20. The van der Waals surface area contributed by atoms with Crippen LogP contribution in [0.5, 0.6) is 11.5 Å². The summed E-state index contributed by atoms with van der Waals surface area (Å²) in [6, 6.07) is 7.87. The van der Waals surface area contributed by atoms with E-state index in [0.29, 0.717) is 46.5 Å². The Balaban J connectivity index is 2.05. The fourth-order valence-corrected chi connectivity index (χ4v) is 2.61. The highest BCUT2D eigenvalue weighted by atomic mass is 35.5. The Labute approximate surface area is 131 Å². The van der Waals surface area contributed by atoms with Crippen molar-refractivity contribution in [1.82, 2.24) is 0 Å². The third kappa shape index (κ3) is 2.64. The van der Waals surface area contributed by atoms with Gasteiger partial charge in [-0.15, -0.1) is 0 Å². The van der Waals surface area contributed by atoms with Crippen molar-refractivity contribution in [1.29, 1.82) is 0 Å². The predicted molar refractivity (Wildman–Crippen MR) is 81.7 cm³/mol. The number of hydrogen-bond acceptors (Lipinski definition) is 4. The maximum absolute atomic E-state index is 12.6. The number of anilines is 1. The second-order valence-electron chi connectivity index (χ2n) is 4.54. The molecule has 1 aliphatic heterocycles. The van der Waals surface area contributed by atoms with Gasteiger partial charge in [-0.1, -0.05) is 23.2 Å². The second-order valence-corrected chi connectivity index (χ2v) is 5.38. The van der Waals surface area contributed by atoms with Crippen molar-refractivity contribution in [2.24, 2.45) is 0 Å². The number of benzene rings is 2. The number of nitrogen functional groups attached to an aromatic ring is 1. The molecule has 0 aliphatic carbocycles. The molecule has 4 nitrogen and oxygen atoms in total. The van der Waals surface area contributed by atoms with E-state index in [2.05, 4.69) is 0 Å².